The minimum Gasteiger partial charge on any atom is -0.367 e. The van der Waals surface area contributed by atoms with Crippen molar-refractivity contribution in [3.8, 4) is 0 Å². The Balaban J connectivity index is 0.000000541. The van der Waals surface area contributed by atoms with E-state index in [2.05, 4.69) is 45.7 Å². The summed E-state index contributed by atoms with van der Waals surface area (Å²) in [5.74, 6) is 0.833. The van der Waals surface area contributed by atoms with Gasteiger partial charge in [-0.2, -0.15) is 0 Å². The van der Waals surface area contributed by atoms with Gasteiger partial charge in [0.15, 0.2) is 6.29 Å². The van der Waals surface area contributed by atoms with Gasteiger partial charge in [0.2, 0.25) is 0 Å². The first-order chi connectivity index (χ1) is 10.4. The Morgan fingerprint density at radius 1 is 1.27 bits per heavy atom. The van der Waals surface area contributed by atoms with Crippen LogP contribution in [0.1, 0.15) is 39.2 Å². The fourth-order valence-electron chi connectivity index (χ4n) is 2.12. The van der Waals surface area contributed by atoms with Gasteiger partial charge in [0.25, 0.3) is 0 Å². The number of thiol groups is 1. The summed E-state index contributed by atoms with van der Waals surface area (Å²) >= 11 is 4.44. The summed E-state index contributed by atoms with van der Waals surface area (Å²) < 4.78 is 7.35. The van der Waals surface area contributed by atoms with Crippen molar-refractivity contribution in [3.63, 3.8) is 0 Å². The van der Waals surface area contributed by atoms with Gasteiger partial charge in [0, 0.05) is 13.1 Å². The zero-order valence-electron chi connectivity index (χ0n) is 13.9. The third kappa shape index (κ3) is 8.15. The number of ether oxygens (including phenoxy) is 1. The van der Waals surface area contributed by atoms with Gasteiger partial charge in [-0.1, -0.05) is 63.9 Å². The van der Waals surface area contributed by atoms with Gasteiger partial charge in [-0.05, 0) is 24.3 Å². The van der Waals surface area contributed by atoms with Crippen LogP contribution < -0.4 is 5.73 Å². The van der Waals surface area contributed by atoms with Gasteiger partial charge >= 0.3 is 0 Å². The summed E-state index contributed by atoms with van der Waals surface area (Å²) in [6.07, 6.45) is 0.811. The van der Waals surface area contributed by atoms with Crippen LogP contribution in [0, 0.1) is 5.92 Å². The highest BCUT2D eigenvalue weighted by molar-refractivity contribution is 7.77. The molecular weight excluding hydrogens is 296 g/mol. The van der Waals surface area contributed by atoms with Crippen LogP contribution >= 0.6 is 12.8 Å². The van der Waals surface area contributed by atoms with Crippen molar-refractivity contribution < 1.29 is 9.84 Å². The van der Waals surface area contributed by atoms with Crippen molar-refractivity contribution in [2.24, 2.45) is 11.7 Å². The van der Waals surface area contributed by atoms with Crippen LogP contribution in [-0.4, -0.2) is 34.4 Å². The van der Waals surface area contributed by atoms with E-state index in [-0.39, 0.29) is 12.1 Å². The molecule has 1 fully saturated rings. The molecule has 4 nitrogen and oxygen atoms in total. The van der Waals surface area contributed by atoms with Crippen LogP contribution in [0.4, 0.5) is 0 Å². The highest BCUT2D eigenvalue weighted by Gasteiger charge is 2.27. The Morgan fingerprint density at radius 2 is 1.86 bits per heavy atom. The molecule has 3 atom stereocenters. The topological polar surface area (TPSA) is 58.7 Å². The fraction of sp³-hybridized carbons (Fsp3) is 0.647. The first-order valence-corrected chi connectivity index (χ1v) is 8.35. The van der Waals surface area contributed by atoms with Crippen LogP contribution in [0.25, 0.3) is 0 Å². The maximum Gasteiger partial charge on any atom is 0.170 e. The molecule has 3 unspecified atom stereocenters. The molecule has 1 aliphatic rings. The molecule has 0 aliphatic carbocycles. The Morgan fingerprint density at radius 3 is 2.41 bits per heavy atom. The van der Waals surface area contributed by atoms with E-state index in [0.717, 1.165) is 25.3 Å². The average molecular weight is 327 g/mol. The molecule has 1 heterocycles. The number of benzene rings is 1. The van der Waals surface area contributed by atoms with Crippen molar-refractivity contribution in [1.29, 1.82) is 0 Å². The van der Waals surface area contributed by atoms with Gasteiger partial charge in [0.05, 0.1) is 12.1 Å². The van der Waals surface area contributed by atoms with E-state index in [1.807, 2.05) is 22.5 Å². The number of aliphatic hydroxyl groups is 1. The van der Waals surface area contributed by atoms with Crippen molar-refractivity contribution >= 4 is 12.8 Å². The quantitative estimate of drug-likeness (QED) is 0.745. The molecule has 1 aromatic rings. The normalized spacial score (nSPS) is 25.0. The summed E-state index contributed by atoms with van der Waals surface area (Å²) in [4.78, 5) is 0. The van der Waals surface area contributed by atoms with E-state index in [9.17, 15) is 5.11 Å². The monoisotopic (exact) mass is 326 g/mol. The largest absolute Gasteiger partial charge is 0.367 e. The maximum absolute atomic E-state index is 9.56. The van der Waals surface area contributed by atoms with E-state index < -0.39 is 6.29 Å². The molecule has 0 amide bonds. The van der Waals surface area contributed by atoms with Gasteiger partial charge in [-0.3, -0.25) is 0 Å². The second-order valence-corrected chi connectivity index (χ2v) is 7.02. The van der Waals surface area contributed by atoms with Crippen molar-refractivity contribution in [2.45, 2.75) is 58.6 Å². The van der Waals surface area contributed by atoms with E-state index >= 15 is 0 Å². The maximum atomic E-state index is 9.56. The van der Waals surface area contributed by atoms with Crippen LogP contribution in [0.5, 0.6) is 0 Å². The highest BCUT2D eigenvalue weighted by atomic mass is 32.1. The lowest BCUT2D eigenvalue weighted by Gasteiger charge is -2.33. The Labute approximate surface area is 140 Å². The third-order valence-corrected chi connectivity index (χ3v) is 3.45. The zero-order valence-corrected chi connectivity index (χ0v) is 14.7. The van der Waals surface area contributed by atoms with Crippen molar-refractivity contribution in [2.75, 3.05) is 6.54 Å². The fourth-order valence-corrected chi connectivity index (χ4v) is 2.46. The van der Waals surface area contributed by atoms with Gasteiger partial charge in [-0.15, -0.1) is 0 Å². The molecule has 1 saturated heterocycles. The molecule has 2 rings (SSSR count). The van der Waals surface area contributed by atoms with Crippen LogP contribution in [0.2, 0.25) is 0 Å². The molecular formula is C17H30N2O2S. The second kappa shape index (κ2) is 10.2. The summed E-state index contributed by atoms with van der Waals surface area (Å²) in [5, 5.41) is 9.56. The molecule has 0 bridgehead atoms. The van der Waals surface area contributed by atoms with E-state index in [1.165, 1.54) is 5.56 Å². The van der Waals surface area contributed by atoms with Crippen LogP contribution in [0.15, 0.2) is 30.3 Å². The first-order valence-electron chi connectivity index (χ1n) is 7.95. The Hall–Kier alpha value is -0.590. The first kappa shape index (κ1) is 19.5. The number of hydrogen-bond donors (Lipinski definition) is 3. The molecule has 1 aliphatic heterocycles. The van der Waals surface area contributed by atoms with E-state index in [0.29, 0.717) is 6.54 Å². The SMILES string of the molecule is CC(C)C.NC1CCC(CN(S)Cc2ccccc2)OC1O. The molecule has 126 valence electrons. The molecule has 22 heavy (non-hydrogen) atoms. The summed E-state index contributed by atoms with van der Waals surface area (Å²) in [7, 11) is 0. The predicted octanol–water partition coefficient (Wildman–Crippen LogP) is 2.82. The molecule has 3 N–H and O–H groups in total. The highest BCUT2D eigenvalue weighted by Crippen LogP contribution is 2.19. The number of nitrogens with two attached hydrogens (primary N) is 1. The molecule has 0 radical (unpaired) electrons. The van der Waals surface area contributed by atoms with Crippen molar-refractivity contribution in [3.05, 3.63) is 35.9 Å². The van der Waals surface area contributed by atoms with Gasteiger partial charge < -0.3 is 15.6 Å². The minimum atomic E-state index is -0.845. The molecule has 1 aromatic carbocycles. The lowest BCUT2D eigenvalue weighted by molar-refractivity contribution is -0.173. The van der Waals surface area contributed by atoms with Gasteiger partial charge in [0.1, 0.15) is 0 Å². The van der Waals surface area contributed by atoms with Crippen LogP contribution in [0.3, 0.4) is 0 Å². The number of nitrogens with zero attached hydrogens (tertiary/aromatic N) is 1. The summed E-state index contributed by atoms with van der Waals surface area (Å²) in [6, 6.07) is 9.89. The smallest absolute Gasteiger partial charge is 0.170 e. The zero-order chi connectivity index (χ0) is 16.5. The molecule has 0 aromatic heterocycles. The Bertz CT molecular complexity index is 400. The molecule has 0 spiro atoms. The lowest BCUT2D eigenvalue weighted by atomic mass is 10.0. The van der Waals surface area contributed by atoms with E-state index in [1.54, 1.807) is 0 Å². The summed E-state index contributed by atoms with van der Waals surface area (Å²) in [6.45, 7) is 7.94. The third-order valence-electron chi connectivity index (χ3n) is 3.14. The lowest BCUT2D eigenvalue weighted by Crippen LogP contribution is -2.46. The van der Waals surface area contributed by atoms with Crippen LogP contribution in [-0.2, 0) is 11.3 Å². The van der Waals surface area contributed by atoms with Gasteiger partial charge in [-0.25, -0.2) is 4.31 Å². The molecule has 5 heteroatoms. The predicted molar refractivity (Wildman–Crippen MR) is 94.4 cm³/mol. The molecule has 0 saturated carbocycles. The Kier molecular flexibility index (Phi) is 9.05. The standard InChI is InChI=1S/C13H20N2O2S.C4H10/c14-12-7-6-11(17-13(12)16)9-15(18)8-10-4-2-1-3-5-10;1-4(2)3/h1-5,11-13,16,18H,6-9,14H2;4H,1-3H3. The minimum absolute atomic E-state index is 0.000937. The average Bonchev–Trinajstić information content (AvgIpc) is 2.43. The second-order valence-electron chi connectivity index (χ2n) is 6.45. The number of rotatable bonds is 4. The number of aliphatic hydroxyl groups excluding tert-OH is 1. The number of hydrogen-bond acceptors (Lipinski definition) is 5. The van der Waals surface area contributed by atoms with Crippen molar-refractivity contribution in [1.82, 2.24) is 4.31 Å². The van der Waals surface area contributed by atoms with E-state index in [4.69, 9.17) is 10.5 Å². The summed E-state index contributed by atoms with van der Waals surface area (Å²) in [5.41, 5.74) is 6.90.